The lowest BCUT2D eigenvalue weighted by atomic mass is 9.44. The third-order valence-corrected chi connectivity index (χ3v) is 12.2. The van der Waals surface area contributed by atoms with Crippen LogP contribution < -0.4 is 0 Å². The molecule has 0 aromatic rings. The molecular formula is C31H46O3. The van der Waals surface area contributed by atoms with Crippen LogP contribution >= 0.6 is 0 Å². The van der Waals surface area contributed by atoms with E-state index < -0.39 is 0 Å². The molecule has 1 aliphatic heterocycles. The Balaban J connectivity index is 1.48. The number of cyclic esters (lactones) is 1. The Bertz CT molecular complexity index is 998. The van der Waals surface area contributed by atoms with Crippen molar-refractivity contribution >= 4 is 5.97 Å². The smallest absolute Gasteiger partial charge is 0.333 e. The average molecular weight is 467 g/mol. The van der Waals surface area contributed by atoms with Gasteiger partial charge in [0.25, 0.3) is 0 Å². The number of aliphatic hydroxyl groups is 1. The highest BCUT2D eigenvalue weighted by molar-refractivity contribution is 5.89. The van der Waals surface area contributed by atoms with Crippen molar-refractivity contribution in [1.82, 2.24) is 0 Å². The maximum absolute atomic E-state index is 12.5. The molecule has 1 heterocycles. The lowest BCUT2D eigenvalue weighted by molar-refractivity contribution is -0.151. The van der Waals surface area contributed by atoms with Crippen molar-refractivity contribution in [3.63, 3.8) is 0 Å². The Kier molecular flexibility index (Phi) is 5.42. The minimum absolute atomic E-state index is 0.00591. The first-order valence-electron chi connectivity index (χ1n) is 13.7. The zero-order valence-electron chi connectivity index (χ0n) is 22.8. The highest BCUT2D eigenvalue weighted by Gasteiger charge is 2.63. The molecule has 188 valence electrons. The number of rotatable bonds is 2. The SMILES string of the molecule is CC1=C(C)C(=O)O[C@@H]([C@@H](C)[C@H]2CC[C@@]3(C)C4=CC[C@H]5C(C)(C)[C@@H](O)CC[C@]5(C)C4=CC[C@]23C)C1. The molecule has 0 aromatic heterocycles. The standard InChI is InChI=1S/C31H46O3/c1-18-17-24(34-27(33)19(18)2)20(3)21-11-15-31(8)23-9-10-25-28(4,5)26(32)13-14-29(25,6)22(23)12-16-30(21,31)7/h9,12,20-21,24-26,32H,10-11,13-17H2,1-8H3/t20-,21+,24+,25-,26-,29+,30+,31-/m0/s1. The summed E-state index contributed by atoms with van der Waals surface area (Å²) in [6, 6.07) is 0. The summed E-state index contributed by atoms with van der Waals surface area (Å²) in [5.74, 6) is 1.26. The van der Waals surface area contributed by atoms with Gasteiger partial charge < -0.3 is 9.84 Å². The van der Waals surface area contributed by atoms with Gasteiger partial charge in [0, 0.05) is 12.0 Å². The number of hydrogen-bond donors (Lipinski definition) is 1. The van der Waals surface area contributed by atoms with Crippen LogP contribution in [0.15, 0.2) is 34.4 Å². The van der Waals surface area contributed by atoms with E-state index in [1.54, 1.807) is 11.1 Å². The monoisotopic (exact) mass is 466 g/mol. The average Bonchev–Trinajstić information content (AvgIpc) is 3.05. The number of esters is 1. The van der Waals surface area contributed by atoms with Gasteiger partial charge >= 0.3 is 5.97 Å². The second-order valence-corrected chi connectivity index (χ2v) is 13.8. The number of carbonyl (C=O) groups is 1. The normalized spacial score (nSPS) is 46.6. The summed E-state index contributed by atoms with van der Waals surface area (Å²) in [6.45, 7) is 18.4. The number of hydrogen-bond acceptors (Lipinski definition) is 3. The highest BCUT2D eigenvalue weighted by atomic mass is 16.5. The van der Waals surface area contributed by atoms with Crippen molar-refractivity contribution in [3.8, 4) is 0 Å². The fraction of sp³-hybridized carbons (Fsp3) is 0.774. The molecule has 8 atom stereocenters. The summed E-state index contributed by atoms with van der Waals surface area (Å²) in [5.41, 5.74) is 5.62. The lowest BCUT2D eigenvalue weighted by Crippen LogP contribution is -2.54. The van der Waals surface area contributed by atoms with Gasteiger partial charge in [-0.05, 0) is 103 Å². The first kappa shape index (κ1) is 24.3. The molecule has 0 unspecified atom stereocenters. The number of aliphatic hydroxyl groups excluding tert-OH is 1. The van der Waals surface area contributed by atoms with Crippen LogP contribution in [0.5, 0.6) is 0 Å². The Morgan fingerprint density at radius 2 is 1.74 bits per heavy atom. The van der Waals surface area contributed by atoms with Crippen LogP contribution in [0.4, 0.5) is 0 Å². The van der Waals surface area contributed by atoms with Gasteiger partial charge in [0.05, 0.1) is 6.10 Å². The van der Waals surface area contributed by atoms with Gasteiger partial charge in [-0.25, -0.2) is 4.79 Å². The zero-order chi connectivity index (χ0) is 24.8. The fourth-order valence-corrected chi connectivity index (χ4v) is 9.32. The van der Waals surface area contributed by atoms with Gasteiger partial charge in [0.1, 0.15) is 6.10 Å². The van der Waals surface area contributed by atoms with Gasteiger partial charge in [-0.3, -0.25) is 0 Å². The summed E-state index contributed by atoms with van der Waals surface area (Å²) in [6.07, 6.45) is 12.4. The molecule has 34 heavy (non-hydrogen) atoms. The number of carbonyl (C=O) groups excluding carboxylic acids is 1. The van der Waals surface area contributed by atoms with E-state index in [0.29, 0.717) is 17.8 Å². The Hall–Kier alpha value is -1.35. The van der Waals surface area contributed by atoms with Crippen molar-refractivity contribution in [2.24, 2.45) is 39.4 Å². The largest absolute Gasteiger partial charge is 0.458 e. The predicted molar refractivity (Wildman–Crippen MR) is 137 cm³/mol. The Labute approximate surface area is 207 Å². The molecule has 2 saturated carbocycles. The molecule has 2 fully saturated rings. The van der Waals surface area contributed by atoms with Crippen LogP contribution in [0.25, 0.3) is 0 Å². The zero-order valence-corrected chi connectivity index (χ0v) is 22.8. The van der Waals surface area contributed by atoms with Crippen molar-refractivity contribution in [1.29, 1.82) is 0 Å². The molecule has 4 aliphatic carbocycles. The molecule has 0 aromatic carbocycles. The van der Waals surface area contributed by atoms with E-state index in [2.05, 4.69) is 60.6 Å². The van der Waals surface area contributed by atoms with E-state index in [0.717, 1.165) is 37.7 Å². The number of allylic oxidation sites excluding steroid dienone is 4. The van der Waals surface area contributed by atoms with Gasteiger partial charge in [-0.1, -0.05) is 59.3 Å². The Morgan fingerprint density at radius 1 is 1.03 bits per heavy atom. The molecule has 5 aliphatic rings. The second-order valence-electron chi connectivity index (χ2n) is 13.8. The topological polar surface area (TPSA) is 46.5 Å². The minimum Gasteiger partial charge on any atom is -0.458 e. The predicted octanol–water partition coefficient (Wildman–Crippen LogP) is 7.16. The molecule has 1 N–H and O–H groups in total. The van der Waals surface area contributed by atoms with E-state index >= 15 is 0 Å². The van der Waals surface area contributed by atoms with Gasteiger partial charge in [-0.15, -0.1) is 0 Å². The maximum Gasteiger partial charge on any atom is 0.333 e. The minimum atomic E-state index is -0.207. The van der Waals surface area contributed by atoms with E-state index in [-0.39, 0.29) is 39.8 Å². The summed E-state index contributed by atoms with van der Waals surface area (Å²) in [4.78, 5) is 12.5. The Morgan fingerprint density at radius 3 is 2.41 bits per heavy atom. The van der Waals surface area contributed by atoms with Crippen LogP contribution in [0, 0.1) is 39.4 Å². The molecule has 0 bridgehead atoms. The fourth-order valence-electron chi connectivity index (χ4n) is 9.32. The van der Waals surface area contributed by atoms with Crippen LogP contribution in [0.1, 0.15) is 100 Å². The molecule has 0 saturated heterocycles. The third kappa shape index (κ3) is 3.01. The molecule has 0 spiro atoms. The summed E-state index contributed by atoms with van der Waals surface area (Å²) in [5, 5.41) is 10.8. The molecule has 3 heteroatoms. The summed E-state index contributed by atoms with van der Waals surface area (Å²) < 4.78 is 5.98. The van der Waals surface area contributed by atoms with E-state index in [1.165, 1.54) is 18.4 Å². The van der Waals surface area contributed by atoms with Gasteiger partial charge in [0.15, 0.2) is 0 Å². The third-order valence-electron chi connectivity index (χ3n) is 12.2. The molecular weight excluding hydrogens is 420 g/mol. The number of ether oxygens (including phenoxy) is 1. The van der Waals surface area contributed by atoms with Crippen LogP contribution in [0.2, 0.25) is 0 Å². The van der Waals surface area contributed by atoms with Crippen molar-refractivity contribution in [2.45, 2.75) is 113 Å². The van der Waals surface area contributed by atoms with Crippen LogP contribution in [-0.4, -0.2) is 23.3 Å². The number of fused-ring (bicyclic) bond motifs is 5. The first-order chi connectivity index (χ1) is 15.8. The van der Waals surface area contributed by atoms with E-state index in [1.807, 2.05) is 6.92 Å². The quantitative estimate of drug-likeness (QED) is 0.439. The van der Waals surface area contributed by atoms with Crippen molar-refractivity contribution in [2.75, 3.05) is 0 Å². The second kappa shape index (κ2) is 7.58. The first-order valence-corrected chi connectivity index (χ1v) is 13.7. The molecule has 0 amide bonds. The molecule has 0 radical (unpaired) electrons. The van der Waals surface area contributed by atoms with Crippen molar-refractivity contribution < 1.29 is 14.6 Å². The van der Waals surface area contributed by atoms with E-state index in [4.69, 9.17) is 4.74 Å². The van der Waals surface area contributed by atoms with Crippen LogP contribution in [0.3, 0.4) is 0 Å². The molecule has 5 rings (SSSR count). The van der Waals surface area contributed by atoms with Gasteiger partial charge in [0.2, 0.25) is 0 Å². The van der Waals surface area contributed by atoms with E-state index in [9.17, 15) is 9.90 Å². The lowest BCUT2D eigenvalue weighted by Gasteiger charge is -2.61. The summed E-state index contributed by atoms with van der Waals surface area (Å²) in [7, 11) is 0. The van der Waals surface area contributed by atoms with Gasteiger partial charge in [-0.2, -0.15) is 0 Å². The maximum atomic E-state index is 12.5. The summed E-state index contributed by atoms with van der Waals surface area (Å²) >= 11 is 0. The molecule has 3 nitrogen and oxygen atoms in total. The van der Waals surface area contributed by atoms with Crippen LogP contribution in [-0.2, 0) is 9.53 Å². The van der Waals surface area contributed by atoms with Crippen molar-refractivity contribution in [3.05, 3.63) is 34.4 Å². The highest BCUT2D eigenvalue weighted by Crippen LogP contribution is 2.71.